The van der Waals surface area contributed by atoms with E-state index in [0.717, 1.165) is 5.56 Å². The molecule has 4 unspecified atom stereocenters. The number of aliphatic carboxylic acids is 1. The lowest BCUT2D eigenvalue weighted by atomic mass is 9.86. The number of carboxylic acids is 1. The molecule has 0 saturated heterocycles. The molecule has 4 aromatic rings. The van der Waals surface area contributed by atoms with Crippen LogP contribution in [-0.2, 0) is 30.3 Å². The summed E-state index contributed by atoms with van der Waals surface area (Å²) in [5.41, 5.74) is 2.16. The highest BCUT2D eigenvalue weighted by Crippen LogP contribution is 2.38. The molecule has 0 saturated carbocycles. The van der Waals surface area contributed by atoms with Crippen LogP contribution >= 0.6 is 0 Å². The van der Waals surface area contributed by atoms with Crippen molar-refractivity contribution in [3.63, 3.8) is 0 Å². The number of rotatable bonds is 17. The molecule has 1 aliphatic heterocycles. The molecule has 12 heteroatoms. The van der Waals surface area contributed by atoms with Crippen LogP contribution in [-0.4, -0.2) is 65.0 Å². The highest BCUT2D eigenvalue weighted by molar-refractivity contribution is 6.40. The van der Waals surface area contributed by atoms with Crippen LogP contribution in [0, 0.1) is 5.92 Å². The zero-order valence-corrected chi connectivity index (χ0v) is 29.7. The Bertz CT molecular complexity index is 1940. The van der Waals surface area contributed by atoms with Gasteiger partial charge in [-0.3, -0.25) is 24.0 Å². The van der Waals surface area contributed by atoms with E-state index in [1.54, 1.807) is 81.5 Å². The standard InChI is InChI=1S/C41H42N2O10/c1-4-26(2)52-41(49)33(24-37(44)45)38(46)40(48)43(21-11-14-28-12-7-5-8-13-28)27(3)32(29-17-19-34-36(22-29)51-25-50-34)23-31-18-20-35(53-31)39(47)42-30-15-9-6-10-16-30/h5-20,22,26-27,32-33H,4,21,23-25H2,1-3H3,(H,42,47)(H,44,45). The lowest BCUT2D eigenvalue weighted by Crippen LogP contribution is -2.49. The molecule has 0 aliphatic carbocycles. The number of hydrogen-bond acceptors (Lipinski definition) is 9. The fourth-order valence-electron chi connectivity index (χ4n) is 5.88. The predicted octanol–water partition coefficient (Wildman–Crippen LogP) is 6.52. The molecule has 0 fully saturated rings. The molecule has 5 rings (SSSR count). The van der Waals surface area contributed by atoms with Gasteiger partial charge in [0.15, 0.2) is 17.3 Å². The van der Waals surface area contributed by atoms with E-state index < -0.39 is 59.9 Å². The third-order valence-corrected chi connectivity index (χ3v) is 8.99. The summed E-state index contributed by atoms with van der Waals surface area (Å²) >= 11 is 0. The molecule has 0 bridgehead atoms. The van der Waals surface area contributed by atoms with E-state index >= 15 is 0 Å². The van der Waals surface area contributed by atoms with Crippen molar-refractivity contribution in [2.24, 2.45) is 5.92 Å². The zero-order valence-electron chi connectivity index (χ0n) is 29.7. The van der Waals surface area contributed by atoms with E-state index in [2.05, 4.69) is 5.32 Å². The summed E-state index contributed by atoms with van der Waals surface area (Å²) in [7, 11) is 0. The Morgan fingerprint density at radius 1 is 0.906 bits per heavy atom. The number of esters is 1. The van der Waals surface area contributed by atoms with Crippen molar-refractivity contribution in [2.75, 3.05) is 18.7 Å². The maximum atomic E-state index is 14.3. The van der Waals surface area contributed by atoms with E-state index in [4.69, 9.17) is 18.6 Å². The maximum absolute atomic E-state index is 14.3. The molecule has 0 radical (unpaired) electrons. The first kappa shape index (κ1) is 38.1. The number of ether oxygens (including phenoxy) is 3. The van der Waals surface area contributed by atoms with Gasteiger partial charge in [0.25, 0.3) is 11.8 Å². The van der Waals surface area contributed by atoms with Gasteiger partial charge in [0.05, 0.1) is 12.5 Å². The molecule has 3 aromatic carbocycles. The second kappa shape index (κ2) is 17.9. The van der Waals surface area contributed by atoms with E-state index in [0.29, 0.717) is 34.9 Å². The lowest BCUT2D eigenvalue weighted by Gasteiger charge is -2.34. The average Bonchev–Trinajstić information content (AvgIpc) is 3.84. The molecule has 0 spiro atoms. The number of carbonyl (C=O) groups excluding carboxylic acids is 4. The van der Waals surface area contributed by atoms with Crippen LogP contribution in [0.25, 0.3) is 6.08 Å². The molecule has 1 aliphatic rings. The highest BCUT2D eigenvalue weighted by Gasteiger charge is 2.40. The minimum absolute atomic E-state index is 0.0399. The third-order valence-electron chi connectivity index (χ3n) is 8.99. The maximum Gasteiger partial charge on any atom is 0.317 e. The fourth-order valence-corrected chi connectivity index (χ4v) is 5.88. The van der Waals surface area contributed by atoms with Crippen molar-refractivity contribution in [1.29, 1.82) is 0 Å². The zero-order chi connectivity index (χ0) is 37.9. The molecule has 276 valence electrons. The van der Waals surface area contributed by atoms with Crippen LogP contribution in [0.1, 0.15) is 67.0 Å². The van der Waals surface area contributed by atoms with Crippen LogP contribution in [0.3, 0.4) is 0 Å². The Labute approximate surface area is 307 Å². The molecule has 2 N–H and O–H groups in total. The number of carboxylic acid groups (broad SMARTS) is 1. The van der Waals surface area contributed by atoms with Gasteiger partial charge in [0.1, 0.15) is 11.7 Å². The van der Waals surface area contributed by atoms with Crippen molar-refractivity contribution < 1.29 is 47.7 Å². The van der Waals surface area contributed by atoms with Gasteiger partial charge < -0.3 is 34.0 Å². The first-order valence-corrected chi connectivity index (χ1v) is 17.4. The number of hydrogen-bond donors (Lipinski definition) is 2. The van der Waals surface area contributed by atoms with E-state index in [-0.39, 0.29) is 25.5 Å². The largest absolute Gasteiger partial charge is 0.481 e. The van der Waals surface area contributed by atoms with Gasteiger partial charge >= 0.3 is 11.9 Å². The minimum atomic E-state index is -1.85. The molecular formula is C41H42N2O10. The third kappa shape index (κ3) is 10.0. The summed E-state index contributed by atoms with van der Waals surface area (Å²) in [6.07, 6.45) is 2.62. The Hall–Kier alpha value is -6.17. The summed E-state index contributed by atoms with van der Waals surface area (Å²) in [5, 5.41) is 12.4. The second-order valence-corrected chi connectivity index (χ2v) is 12.7. The molecule has 1 aromatic heterocycles. The Balaban J connectivity index is 1.49. The monoisotopic (exact) mass is 722 g/mol. The lowest BCUT2D eigenvalue weighted by molar-refractivity contribution is -0.163. The highest BCUT2D eigenvalue weighted by atomic mass is 16.7. The number of Topliss-reactive ketones (excluding diaryl/α,β-unsaturated/α-hetero) is 1. The summed E-state index contributed by atoms with van der Waals surface area (Å²) in [6, 6.07) is 26.1. The predicted molar refractivity (Wildman–Crippen MR) is 195 cm³/mol. The van der Waals surface area contributed by atoms with Crippen LogP contribution in [0.15, 0.2) is 101 Å². The average molecular weight is 723 g/mol. The number of carbonyl (C=O) groups is 5. The van der Waals surface area contributed by atoms with Gasteiger partial charge in [0, 0.05) is 30.6 Å². The molecule has 2 amide bonds. The first-order chi connectivity index (χ1) is 25.5. The van der Waals surface area contributed by atoms with Crippen LogP contribution in [0.2, 0.25) is 0 Å². The molecule has 53 heavy (non-hydrogen) atoms. The summed E-state index contributed by atoms with van der Waals surface area (Å²) in [5.74, 6) is -6.05. The normalized spacial score (nSPS) is 14.2. The minimum Gasteiger partial charge on any atom is -0.481 e. The summed E-state index contributed by atoms with van der Waals surface area (Å²) in [6.45, 7) is 5.12. The van der Waals surface area contributed by atoms with Crippen molar-refractivity contribution in [3.8, 4) is 11.5 Å². The van der Waals surface area contributed by atoms with Crippen molar-refractivity contribution >= 4 is 41.3 Å². The van der Waals surface area contributed by atoms with Gasteiger partial charge in [-0.05, 0) is 67.8 Å². The Kier molecular flexibility index (Phi) is 12.8. The van der Waals surface area contributed by atoms with Crippen molar-refractivity contribution in [2.45, 2.75) is 58.1 Å². The van der Waals surface area contributed by atoms with Gasteiger partial charge in [-0.25, -0.2) is 0 Å². The van der Waals surface area contributed by atoms with Gasteiger partial charge in [0.2, 0.25) is 12.6 Å². The first-order valence-electron chi connectivity index (χ1n) is 17.4. The number of nitrogens with one attached hydrogen (secondary N) is 1. The molecule has 4 atom stereocenters. The number of nitrogens with zero attached hydrogens (tertiary/aromatic N) is 1. The second-order valence-electron chi connectivity index (χ2n) is 12.7. The molecule has 2 heterocycles. The summed E-state index contributed by atoms with van der Waals surface area (Å²) in [4.78, 5) is 67.4. The number of fused-ring (bicyclic) bond motifs is 1. The number of benzene rings is 3. The number of amides is 2. The number of furan rings is 1. The topological polar surface area (TPSA) is 162 Å². The van der Waals surface area contributed by atoms with Crippen molar-refractivity contribution in [1.82, 2.24) is 4.90 Å². The SMILES string of the molecule is CCC(C)OC(=O)C(CC(=O)O)C(=O)C(=O)N(CC=Cc1ccccc1)C(C)C(Cc1ccc(C(=O)Nc2ccccc2)o1)c1ccc2c(c1)OCO2. The van der Waals surface area contributed by atoms with E-state index in [1.165, 1.54) is 4.90 Å². The van der Waals surface area contributed by atoms with Crippen LogP contribution in [0.4, 0.5) is 5.69 Å². The van der Waals surface area contributed by atoms with Gasteiger partial charge in [-0.2, -0.15) is 0 Å². The molecule has 12 nitrogen and oxygen atoms in total. The Morgan fingerprint density at radius 2 is 1.60 bits per heavy atom. The number of para-hydroxylation sites is 1. The fraction of sp³-hybridized carbons (Fsp3) is 0.293. The van der Waals surface area contributed by atoms with E-state index in [9.17, 15) is 29.1 Å². The van der Waals surface area contributed by atoms with Gasteiger partial charge in [-0.15, -0.1) is 0 Å². The van der Waals surface area contributed by atoms with Crippen molar-refractivity contribution in [3.05, 3.63) is 120 Å². The van der Waals surface area contributed by atoms with Crippen LogP contribution < -0.4 is 14.8 Å². The quantitative estimate of drug-likeness (QED) is 0.0698. The van der Waals surface area contributed by atoms with Gasteiger partial charge in [-0.1, -0.05) is 73.7 Å². The Morgan fingerprint density at radius 3 is 2.30 bits per heavy atom. The van der Waals surface area contributed by atoms with E-state index in [1.807, 2.05) is 42.5 Å². The van der Waals surface area contributed by atoms with Crippen LogP contribution in [0.5, 0.6) is 11.5 Å². The summed E-state index contributed by atoms with van der Waals surface area (Å²) < 4.78 is 22.5. The number of ketones is 1. The molecular weight excluding hydrogens is 680 g/mol. The smallest absolute Gasteiger partial charge is 0.317 e. The number of anilines is 1.